The van der Waals surface area contributed by atoms with E-state index in [-0.39, 0.29) is 11.6 Å². The van der Waals surface area contributed by atoms with Crippen molar-refractivity contribution in [3.63, 3.8) is 0 Å². The van der Waals surface area contributed by atoms with Crippen molar-refractivity contribution < 1.29 is 14.3 Å². The molecule has 0 fully saturated rings. The molecule has 1 aromatic heterocycles. The predicted molar refractivity (Wildman–Crippen MR) is 73.7 cm³/mol. The lowest BCUT2D eigenvalue weighted by atomic mass is 10.1. The summed E-state index contributed by atoms with van der Waals surface area (Å²) in [5.41, 5.74) is 1.81. The molecule has 1 N–H and O–H groups in total. The lowest BCUT2D eigenvalue weighted by Crippen LogP contribution is -2.15. The van der Waals surface area contributed by atoms with Gasteiger partial charge in [0, 0.05) is 18.8 Å². The Morgan fingerprint density at radius 2 is 2.00 bits per heavy atom. The molecule has 0 bridgehead atoms. The van der Waals surface area contributed by atoms with Gasteiger partial charge in [0.25, 0.3) is 5.91 Å². The van der Waals surface area contributed by atoms with Crippen LogP contribution in [0, 0.1) is 6.92 Å². The highest BCUT2D eigenvalue weighted by molar-refractivity contribution is 6.08. The van der Waals surface area contributed by atoms with Gasteiger partial charge in [-0.1, -0.05) is 18.2 Å². The molecule has 2 aromatic rings. The number of esters is 1. The lowest BCUT2D eigenvalue weighted by Gasteiger charge is -2.06. The fraction of sp³-hybridized carbons (Fsp3) is 0.214. The van der Waals surface area contributed by atoms with Gasteiger partial charge in [-0.15, -0.1) is 0 Å². The van der Waals surface area contributed by atoms with Gasteiger partial charge >= 0.3 is 5.97 Å². The predicted octanol–water partition coefficient (Wildman–Crippen LogP) is 1.77. The number of aromatic nitrogens is 2. The van der Waals surface area contributed by atoms with Gasteiger partial charge in [0.15, 0.2) is 5.69 Å². The summed E-state index contributed by atoms with van der Waals surface area (Å²) in [6.07, 6.45) is 1.56. The molecule has 0 atom stereocenters. The maximum Gasteiger partial charge on any atom is 0.360 e. The third-order valence-electron chi connectivity index (χ3n) is 2.85. The smallest absolute Gasteiger partial charge is 0.360 e. The van der Waals surface area contributed by atoms with Gasteiger partial charge < -0.3 is 10.1 Å². The molecule has 0 unspecified atom stereocenters. The van der Waals surface area contributed by atoms with Crippen LogP contribution in [-0.2, 0) is 11.8 Å². The first kappa shape index (κ1) is 13.8. The van der Waals surface area contributed by atoms with Gasteiger partial charge in [-0.2, -0.15) is 5.10 Å². The van der Waals surface area contributed by atoms with Gasteiger partial charge in [0.2, 0.25) is 0 Å². The van der Waals surface area contributed by atoms with Crippen LogP contribution in [0.1, 0.15) is 26.4 Å². The number of hydrogen-bond donors (Lipinski definition) is 1. The van der Waals surface area contributed by atoms with E-state index in [1.165, 1.54) is 11.8 Å². The van der Waals surface area contributed by atoms with Crippen molar-refractivity contribution in [3.05, 3.63) is 47.3 Å². The summed E-state index contributed by atoms with van der Waals surface area (Å²) >= 11 is 0. The van der Waals surface area contributed by atoms with Crippen molar-refractivity contribution in [2.24, 2.45) is 7.05 Å². The van der Waals surface area contributed by atoms with Gasteiger partial charge in [0.05, 0.1) is 12.8 Å². The minimum absolute atomic E-state index is 0.0805. The largest absolute Gasteiger partial charge is 0.464 e. The number of methoxy groups -OCH3 is 1. The molecule has 6 nitrogen and oxygen atoms in total. The van der Waals surface area contributed by atoms with E-state index in [0.717, 1.165) is 5.56 Å². The average molecular weight is 273 g/mol. The molecular formula is C14H15N3O3. The molecule has 0 saturated heterocycles. The number of nitrogens with zero attached hydrogens (tertiary/aromatic N) is 2. The summed E-state index contributed by atoms with van der Waals surface area (Å²) in [6.45, 7) is 1.85. The Labute approximate surface area is 116 Å². The monoisotopic (exact) mass is 273 g/mol. The lowest BCUT2D eigenvalue weighted by molar-refractivity contribution is 0.0594. The number of benzene rings is 1. The molecule has 0 aliphatic carbocycles. The van der Waals surface area contributed by atoms with Crippen LogP contribution in [0.25, 0.3) is 0 Å². The number of aryl methyl sites for hydroxylation is 2. The topological polar surface area (TPSA) is 73.2 Å². The minimum atomic E-state index is -0.592. The van der Waals surface area contributed by atoms with Crippen molar-refractivity contribution in [2.45, 2.75) is 6.92 Å². The van der Waals surface area contributed by atoms with E-state index in [1.54, 1.807) is 25.4 Å². The highest BCUT2D eigenvalue weighted by Gasteiger charge is 2.19. The maximum absolute atomic E-state index is 12.2. The molecule has 20 heavy (non-hydrogen) atoms. The Hall–Kier alpha value is -2.63. The summed E-state index contributed by atoms with van der Waals surface area (Å²) in [6, 6.07) is 7.21. The third-order valence-corrected chi connectivity index (χ3v) is 2.85. The Balaban J connectivity index is 2.29. The van der Waals surface area contributed by atoms with Crippen LogP contribution in [-0.4, -0.2) is 28.8 Å². The van der Waals surface area contributed by atoms with E-state index in [2.05, 4.69) is 15.2 Å². The molecule has 104 valence electrons. The SMILES string of the molecule is COC(=O)c1nn(C)cc1NC(=O)c1ccccc1C. The molecule has 0 saturated carbocycles. The standard InChI is InChI=1S/C14H15N3O3/c1-9-6-4-5-7-10(9)13(18)15-11-8-17(2)16-12(11)14(19)20-3/h4-8H,1-3H3,(H,15,18). The van der Waals surface area contributed by atoms with Crippen LogP contribution >= 0.6 is 0 Å². The number of amides is 1. The summed E-state index contributed by atoms with van der Waals surface area (Å²) in [4.78, 5) is 23.8. The van der Waals surface area contributed by atoms with E-state index in [1.807, 2.05) is 19.1 Å². The number of carbonyl (C=O) groups excluding carboxylic acids is 2. The first-order valence-corrected chi connectivity index (χ1v) is 6.02. The second-order valence-corrected chi connectivity index (χ2v) is 4.33. The Morgan fingerprint density at radius 3 is 2.65 bits per heavy atom. The average Bonchev–Trinajstić information content (AvgIpc) is 2.79. The molecule has 1 heterocycles. The van der Waals surface area contributed by atoms with Crippen LogP contribution in [0.2, 0.25) is 0 Å². The first-order chi connectivity index (χ1) is 9.52. The molecule has 0 spiro atoms. The molecule has 0 aliphatic heterocycles. The summed E-state index contributed by atoms with van der Waals surface area (Å²) in [7, 11) is 2.93. The van der Waals surface area contributed by atoms with Crippen LogP contribution < -0.4 is 5.32 Å². The van der Waals surface area contributed by atoms with Crippen LogP contribution in [0.5, 0.6) is 0 Å². The van der Waals surface area contributed by atoms with Crippen LogP contribution in [0.3, 0.4) is 0 Å². The number of rotatable bonds is 3. The Bertz CT molecular complexity index is 661. The zero-order valence-electron chi connectivity index (χ0n) is 11.5. The maximum atomic E-state index is 12.2. The summed E-state index contributed by atoms with van der Waals surface area (Å²) in [5.74, 6) is -0.882. The van der Waals surface area contributed by atoms with E-state index >= 15 is 0 Å². The molecule has 1 aromatic carbocycles. The highest BCUT2D eigenvalue weighted by Crippen LogP contribution is 2.16. The number of ether oxygens (including phenoxy) is 1. The first-order valence-electron chi connectivity index (χ1n) is 6.02. The van der Waals surface area contributed by atoms with Gasteiger partial charge in [0.1, 0.15) is 0 Å². The summed E-state index contributed by atoms with van der Waals surface area (Å²) < 4.78 is 6.08. The normalized spacial score (nSPS) is 10.2. The van der Waals surface area contributed by atoms with Crippen molar-refractivity contribution in [1.29, 1.82) is 0 Å². The zero-order valence-corrected chi connectivity index (χ0v) is 11.5. The molecule has 0 radical (unpaired) electrons. The fourth-order valence-corrected chi connectivity index (χ4v) is 1.84. The quantitative estimate of drug-likeness (QED) is 0.865. The van der Waals surface area contributed by atoms with E-state index in [9.17, 15) is 9.59 Å². The molecule has 6 heteroatoms. The highest BCUT2D eigenvalue weighted by atomic mass is 16.5. The molecular weight excluding hydrogens is 258 g/mol. The number of hydrogen-bond acceptors (Lipinski definition) is 4. The number of nitrogens with one attached hydrogen (secondary N) is 1. The van der Waals surface area contributed by atoms with Crippen LogP contribution in [0.4, 0.5) is 5.69 Å². The third kappa shape index (κ3) is 2.69. The Morgan fingerprint density at radius 1 is 1.30 bits per heavy atom. The van der Waals surface area contributed by atoms with E-state index < -0.39 is 5.97 Å². The van der Waals surface area contributed by atoms with Crippen molar-refractivity contribution >= 4 is 17.6 Å². The van der Waals surface area contributed by atoms with Crippen molar-refractivity contribution in [2.75, 3.05) is 12.4 Å². The fourth-order valence-electron chi connectivity index (χ4n) is 1.84. The summed E-state index contributed by atoms with van der Waals surface area (Å²) in [5, 5.41) is 6.66. The van der Waals surface area contributed by atoms with Gasteiger partial charge in [-0.05, 0) is 18.6 Å². The van der Waals surface area contributed by atoms with E-state index in [0.29, 0.717) is 11.3 Å². The minimum Gasteiger partial charge on any atom is -0.464 e. The molecule has 2 rings (SSSR count). The second-order valence-electron chi connectivity index (χ2n) is 4.33. The number of anilines is 1. The van der Waals surface area contributed by atoms with Gasteiger partial charge in [-0.3, -0.25) is 9.48 Å². The van der Waals surface area contributed by atoms with Gasteiger partial charge in [-0.25, -0.2) is 4.79 Å². The zero-order chi connectivity index (χ0) is 14.7. The number of carbonyl (C=O) groups is 2. The van der Waals surface area contributed by atoms with Crippen molar-refractivity contribution in [1.82, 2.24) is 9.78 Å². The second kappa shape index (κ2) is 5.56. The van der Waals surface area contributed by atoms with Crippen LogP contribution in [0.15, 0.2) is 30.5 Å². The van der Waals surface area contributed by atoms with E-state index in [4.69, 9.17) is 0 Å². The Kier molecular flexibility index (Phi) is 3.84. The molecule has 0 aliphatic rings. The van der Waals surface area contributed by atoms with Crippen molar-refractivity contribution in [3.8, 4) is 0 Å². The molecule has 1 amide bonds.